The molecule has 1 saturated heterocycles. The summed E-state index contributed by atoms with van der Waals surface area (Å²) >= 11 is 0. The summed E-state index contributed by atoms with van der Waals surface area (Å²) in [5.74, 6) is 0. The van der Waals surface area contributed by atoms with E-state index in [-0.39, 0.29) is 0 Å². The Morgan fingerprint density at radius 3 is 2.46 bits per heavy atom. The molecule has 2 rings (SSSR count). The van der Waals surface area contributed by atoms with E-state index < -0.39 is 0 Å². The van der Waals surface area contributed by atoms with E-state index in [4.69, 9.17) is 5.73 Å². The van der Waals surface area contributed by atoms with Crippen molar-refractivity contribution in [3.63, 3.8) is 0 Å². The highest BCUT2D eigenvalue weighted by Crippen LogP contribution is 2.36. The minimum Gasteiger partial charge on any atom is -0.325 e. The second-order valence-corrected chi connectivity index (χ2v) is 5.04. The van der Waals surface area contributed by atoms with Crippen LogP contribution < -0.4 is 5.73 Å². The molecule has 0 amide bonds. The van der Waals surface area contributed by atoms with Crippen LogP contribution in [-0.2, 0) is 0 Å². The number of likely N-dealkylation sites (tertiary alicyclic amines) is 1. The van der Waals surface area contributed by atoms with E-state index in [2.05, 4.69) is 7.05 Å². The summed E-state index contributed by atoms with van der Waals surface area (Å²) in [4.78, 5) is 0. The molecule has 0 spiro atoms. The lowest BCUT2D eigenvalue weighted by Crippen LogP contribution is -2.64. The third-order valence-electron chi connectivity index (χ3n) is 4.44. The number of hydrogen-bond donors (Lipinski definition) is 1. The Balaban J connectivity index is 2.06. The lowest BCUT2D eigenvalue weighted by molar-refractivity contribution is -0.964. The Kier molecular flexibility index (Phi) is 2.61. The molecule has 2 fully saturated rings. The molecule has 0 aromatic rings. The largest absolute Gasteiger partial charge is 0.325 e. The molecule has 2 heteroatoms. The topological polar surface area (TPSA) is 26.0 Å². The fourth-order valence-corrected chi connectivity index (χ4v) is 3.13. The van der Waals surface area contributed by atoms with Gasteiger partial charge in [-0.25, -0.2) is 0 Å². The van der Waals surface area contributed by atoms with Gasteiger partial charge in [-0.15, -0.1) is 0 Å². The van der Waals surface area contributed by atoms with E-state index in [1.165, 1.54) is 49.6 Å². The Morgan fingerprint density at radius 1 is 1.15 bits per heavy atom. The number of quaternary nitrogens is 1. The first-order chi connectivity index (χ1) is 6.27. The van der Waals surface area contributed by atoms with E-state index in [9.17, 15) is 0 Å². The second kappa shape index (κ2) is 3.58. The van der Waals surface area contributed by atoms with Crippen molar-refractivity contribution in [2.45, 2.75) is 50.6 Å². The van der Waals surface area contributed by atoms with Crippen molar-refractivity contribution < 1.29 is 4.48 Å². The maximum absolute atomic E-state index is 5.88. The van der Waals surface area contributed by atoms with Gasteiger partial charge in [0, 0.05) is 13.0 Å². The van der Waals surface area contributed by atoms with Crippen LogP contribution in [0.5, 0.6) is 0 Å². The van der Waals surface area contributed by atoms with E-state index in [1.54, 1.807) is 0 Å². The maximum Gasteiger partial charge on any atom is 0.101 e. The van der Waals surface area contributed by atoms with E-state index in [1.807, 2.05) is 0 Å². The minimum atomic E-state index is 0.763. The fourth-order valence-electron chi connectivity index (χ4n) is 3.13. The summed E-state index contributed by atoms with van der Waals surface area (Å²) in [5.41, 5.74) is 5.88. The third kappa shape index (κ3) is 1.50. The zero-order valence-corrected chi connectivity index (χ0v) is 8.84. The van der Waals surface area contributed by atoms with Gasteiger partial charge in [-0.05, 0) is 32.1 Å². The van der Waals surface area contributed by atoms with Gasteiger partial charge in [0.2, 0.25) is 0 Å². The Bertz CT molecular complexity index is 177. The molecule has 0 bridgehead atoms. The number of piperidine rings is 1. The first-order valence-electron chi connectivity index (χ1n) is 5.82. The highest BCUT2D eigenvalue weighted by Gasteiger charge is 2.43. The van der Waals surface area contributed by atoms with Crippen LogP contribution >= 0.6 is 0 Å². The monoisotopic (exact) mass is 183 g/mol. The zero-order chi connectivity index (χ0) is 9.31. The molecule has 76 valence electrons. The van der Waals surface area contributed by atoms with Gasteiger partial charge < -0.3 is 10.2 Å². The van der Waals surface area contributed by atoms with Crippen molar-refractivity contribution in [1.29, 1.82) is 0 Å². The van der Waals surface area contributed by atoms with E-state index in [0.717, 1.165) is 18.6 Å². The average Bonchev–Trinajstić information content (AvgIpc) is 2.01. The highest BCUT2D eigenvalue weighted by molar-refractivity contribution is 4.77. The molecule has 2 nitrogen and oxygen atoms in total. The molecule has 0 aromatic carbocycles. The lowest BCUT2D eigenvalue weighted by Gasteiger charge is -2.52. The van der Waals surface area contributed by atoms with Crippen molar-refractivity contribution in [3.05, 3.63) is 0 Å². The van der Waals surface area contributed by atoms with Gasteiger partial charge in [-0.3, -0.25) is 0 Å². The number of likely N-dealkylation sites (N-methyl/N-ethyl adjacent to an activating group) is 1. The standard InChI is InChI=1S/C11H23N2/c1-13(10-6-4-7-10)8-3-2-5-11(13)9-12/h10-11H,2-9,12H2,1H3/q+1/t11-,13?/m0/s1. The van der Waals surface area contributed by atoms with Crippen LogP contribution in [0.4, 0.5) is 0 Å². The molecular weight excluding hydrogens is 160 g/mol. The molecule has 0 aromatic heterocycles. The Labute approximate surface area is 81.7 Å². The molecule has 2 aliphatic rings. The molecule has 1 aliphatic heterocycles. The molecule has 2 atom stereocenters. The number of rotatable bonds is 2. The molecule has 1 saturated carbocycles. The van der Waals surface area contributed by atoms with Crippen LogP contribution in [-0.4, -0.2) is 36.7 Å². The van der Waals surface area contributed by atoms with Crippen molar-refractivity contribution in [2.75, 3.05) is 20.1 Å². The zero-order valence-electron chi connectivity index (χ0n) is 8.84. The van der Waals surface area contributed by atoms with Gasteiger partial charge in [-0.1, -0.05) is 0 Å². The quantitative estimate of drug-likeness (QED) is 0.645. The van der Waals surface area contributed by atoms with Gasteiger partial charge in [0.1, 0.15) is 6.04 Å². The molecule has 1 heterocycles. The van der Waals surface area contributed by atoms with Crippen LogP contribution in [0.1, 0.15) is 38.5 Å². The lowest BCUT2D eigenvalue weighted by atomic mass is 9.85. The van der Waals surface area contributed by atoms with Gasteiger partial charge in [0.25, 0.3) is 0 Å². The third-order valence-corrected chi connectivity index (χ3v) is 4.44. The summed E-state index contributed by atoms with van der Waals surface area (Å²) in [6.45, 7) is 2.28. The van der Waals surface area contributed by atoms with Gasteiger partial charge >= 0.3 is 0 Å². The molecule has 0 radical (unpaired) electrons. The average molecular weight is 183 g/mol. The molecule has 13 heavy (non-hydrogen) atoms. The van der Waals surface area contributed by atoms with Crippen LogP contribution in [0.2, 0.25) is 0 Å². The second-order valence-electron chi connectivity index (χ2n) is 5.04. The van der Waals surface area contributed by atoms with Gasteiger partial charge in [-0.2, -0.15) is 0 Å². The van der Waals surface area contributed by atoms with Crippen molar-refractivity contribution >= 4 is 0 Å². The van der Waals surface area contributed by atoms with Crippen molar-refractivity contribution in [2.24, 2.45) is 5.73 Å². The van der Waals surface area contributed by atoms with Crippen LogP contribution in [0.3, 0.4) is 0 Å². The summed E-state index contributed by atoms with van der Waals surface area (Å²) in [6.07, 6.45) is 8.55. The predicted octanol–water partition coefficient (Wildman–Crippen LogP) is 1.50. The maximum atomic E-state index is 5.88. The SMILES string of the molecule is C[N+]1(C2CCC2)CCCC[C@H]1CN. The number of nitrogens with two attached hydrogens (primary N) is 1. The molecule has 2 N–H and O–H groups in total. The molecule has 1 unspecified atom stereocenters. The summed E-state index contributed by atoms with van der Waals surface area (Å²) in [5, 5.41) is 0. The normalized spacial score (nSPS) is 41.5. The molecular formula is C11H23N2+. The van der Waals surface area contributed by atoms with Crippen LogP contribution in [0.25, 0.3) is 0 Å². The highest BCUT2D eigenvalue weighted by atomic mass is 15.4. The smallest absolute Gasteiger partial charge is 0.101 e. The van der Waals surface area contributed by atoms with E-state index in [0.29, 0.717) is 0 Å². The first-order valence-corrected chi connectivity index (χ1v) is 5.82. The van der Waals surface area contributed by atoms with Gasteiger partial charge in [0.15, 0.2) is 0 Å². The van der Waals surface area contributed by atoms with Crippen LogP contribution in [0.15, 0.2) is 0 Å². The Morgan fingerprint density at radius 2 is 1.92 bits per heavy atom. The summed E-state index contributed by atoms with van der Waals surface area (Å²) in [6, 6.07) is 1.72. The summed E-state index contributed by atoms with van der Waals surface area (Å²) in [7, 11) is 2.44. The predicted molar refractivity (Wildman–Crippen MR) is 55.4 cm³/mol. The summed E-state index contributed by atoms with van der Waals surface area (Å²) < 4.78 is 1.30. The molecule has 1 aliphatic carbocycles. The van der Waals surface area contributed by atoms with Crippen LogP contribution in [0, 0.1) is 0 Å². The van der Waals surface area contributed by atoms with Crippen molar-refractivity contribution in [3.8, 4) is 0 Å². The number of hydrogen-bond acceptors (Lipinski definition) is 1. The first kappa shape index (κ1) is 9.47. The number of nitrogens with zero attached hydrogens (tertiary/aromatic N) is 1. The Hall–Kier alpha value is -0.0800. The minimum absolute atomic E-state index is 0.763. The van der Waals surface area contributed by atoms with E-state index >= 15 is 0 Å². The van der Waals surface area contributed by atoms with Gasteiger partial charge in [0.05, 0.1) is 19.6 Å². The van der Waals surface area contributed by atoms with Crippen molar-refractivity contribution in [1.82, 2.24) is 0 Å². The fraction of sp³-hybridized carbons (Fsp3) is 1.00.